The number of rotatable bonds is 4. The van der Waals surface area contributed by atoms with Crippen molar-refractivity contribution in [3.63, 3.8) is 0 Å². The highest BCUT2D eigenvalue weighted by Crippen LogP contribution is 2.20. The number of carbonyl (C=O) groups is 1. The summed E-state index contributed by atoms with van der Waals surface area (Å²) in [5.74, 6) is -0.0345. The van der Waals surface area contributed by atoms with Crippen LogP contribution in [0.1, 0.15) is 40.5 Å². The van der Waals surface area contributed by atoms with E-state index in [1.165, 1.54) is 0 Å². The van der Waals surface area contributed by atoms with Gasteiger partial charge in [-0.2, -0.15) is 0 Å². The molecular formula is C12H24N2O2. The summed E-state index contributed by atoms with van der Waals surface area (Å²) in [6.07, 6.45) is 2.39. The van der Waals surface area contributed by atoms with E-state index in [0.29, 0.717) is 6.04 Å². The zero-order valence-corrected chi connectivity index (χ0v) is 10.7. The Bertz CT molecular complexity index is 233. The number of nitrogens with two attached hydrogens (primary N) is 1. The average Bonchev–Trinajstić information content (AvgIpc) is 2.11. The van der Waals surface area contributed by atoms with Crippen molar-refractivity contribution in [2.75, 3.05) is 0 Å². The Kier molecular flexibility index (Phi) is 4.74. The molecule has 1 saturated heterocycles. The molecule has 3 atom stereocenters. The van der Waals surface area contributed by atoms with E-state index in [4.69, 9.17) is 10.5 Å². The molecule has 0 aliphatic carbocycles. The molecule has 0 radical (unpaired) electrons. The average molecular weight is 228 g/mol. The Balaban J connectivity index is 2.54. The molecule has 4 nitrogen and oxygen atoms in total. The summed E-state index contributed by atoms with van der Waals surface area (Å²) in [7, 11) is 0. The minimum atomic E-state index is -0.262. The molecule has 0 spiro atoms. The topological polar surface area (TPSA) is 64.3 Å². The highest BCUT2D eigenvalue weighted by molar-refractivity contribution is 5.80. The molecular weight excluding hydrogens is 204 g/mol. The minimum absolute atomic E-state index is 0.228. The molecule has 3 unspecified atom stereocenters. The summed E-state index contributed by atoms with van der Waals surface area (Å²) in [6, 6.07) is 0.0983. The predicted octanol–water partition coefficient (Wildman–Crippen LogP) is 1.04. The van der Waals surface area contributed by atoms with E-state index in [9.17, 15) is 4.79 Å². The van der Waals surface area contributed by atoms with Crippen LogP contribution >= 0.6 is 0 Å². The van der Waals surface area contributed by atoms with Crippen LogP contribution in [0.3, 0.4) is 0 Å². The van der Waals surface area contributed by atoms with Gasteiger partial charge in [0, 0.05) is 6.04 Å². The summed E-state index contributed by atoms with van der Waals surface area (Å²) < 4.78 is 5.66. The van der Waals surface area contributed by atoms with Crippen molar-refractivity contribution in [2.24, 2.45) is 11.7 Å². The van der Waals surface area contributed by atoms with Crippen molar-refractivity contribution >= 4 is 5.91 Å². The first-order chi connectivity index (χ1) is 7.40. The van der Waals surface area contributed by atoms with Gasteiger partial charge in [0.1, 0.15) is 0 Å². The summed E-state index contributed by atoms with van der Waals surface area (Å²) in [4.78, 5) is 11.3. The molecule has 16 heavy (non-hydrogen) atoms. The largest absolute Gasteiger partial charge is 0.375 e. The summed E-state index contributed by atoms with van der Waals surface area (Å²) in [6.45, 7) is 8.15. The molecule has 0 aromatic carbocycles. The number of carbonyl (C=O) groups excluding carboxylic acids is 1. The van der Waals surface area contributed by atoms with E-state index in [1.807, 2.05) is 13.8 Å². The van der Waals surface area contributed by atoms with Crippen LogP contribution in [-0.4, -0.2) is 30.2 Å². The van der Waals surface area contributed by atoms with Crippen molar-refractivity contribution in [2.45, 2.75) is 64.8 Å². The van der Waals surface area contributed by atoms with E-state index in [2.05, 4.69) is 19.2 Å². The van der Waals surface area contributed by atoms with Crippen molar-refractivity contribution in [3.05, 3.63) is 0 Å². The third-order valence-electron chi connectivity index (χ3n) is 3.09. The molecule has 0 bridgehead atoms. The van der Waals surface area contributed by atoms with E-state index in [-0.39, 0.29) is 30.1 Å². The fraction of sp³-hybridized carbons (Fsp3) is 0.917. The number of nitrogens with one attached hydrogen (secondary N) is 1. The fourth-order valence-corrected chi connectivity index (χ4v) is 2.40. The third kappa shape index (κ3) is 3.76. The molecule has 1 aliphatic rings. The highest BCUT2D eigenvalue weighted by atomic mass is 16.5. The Labute approximate surface area is 97.9 Å². The number of hydrogen-bond donors (Lipinski definition) is 2. The second-order valence-electron chi connectivity index (χ2n) is 5.22. The van der Waals surface area contributed by atoms with Gasteiger partial charge in [0.2, 0.25) is 5.91 Å². The molecule has 1 aliphatic heterocycles. The van der Waals surface area contributed by atoms with Crippen LogP contribution in [0, 0.1) is 5.92 Å². The predicted molar refractivity (Wildman–Crippen MR) is 64.0 cm³/mol. The lowest BCUT2D eigenvalue weighted by Gasteiger charge is -2.35. The summed E-state index contributed by atoms with van der Waals surface area (Å²) in [5, 5.41) is 3.36. The van der Waals surface area contributed by atoms with Crippen molar-refractivity contribution in [1.82, 2.24) is 5.32 Å². The minimum Gasteiger partial charge on any atom is -0.375 e. The van der Waals surface area contributed by atoms with Crippen LogP contribution in [0.15, 0.2) is 0 Å². The molecule has 0 aromatic rings. The Hall–Kier alpha value is -0.610. The molecule has 4 heteroatoms. The van der Waals surface area contributed by atoms with Crippen molar-refractivity contribution in [3.8, 4) is 0 Å². The van der Waals surface area contributed by atoms with Crippen LogP contribution < -0.4 is 11.1 Å². The van der Waals surface area contributed by atoms with Gasteiger partial charge in [0.25, 0.3) is 0 Å². The molecule has 0 saturated carbocycles. The molecule has 0 aromatic heterocycles. The molecule has 1 heterocycles. The normalized spacial score (nSPS) is 32.7. The molecule has 3 N–H and O–H groups in total. The number of hydrogen-bond acceptors (Lipinski definition) is 3. The van der Waals surface area contributed by atoms with Gasteiger partial charge in [-0.05, 0) is 32.6 Å². The van der Waals surface area contributed by atoms with Crippen LogP contribution in [0.25, 0.3) is 0 Å². The smallest absolute Gasteiger partial charge is 0.234 e. The fourth-order valence-electron chi connectivity index (χ4n) is 2.40. The molecule has 1 fully saturated rings. The van der Waals surface area contributed by atoms with E-state index in [1.54, 1.807) is 0 Å². The van der Waals surface area contributed by atoms with Gasteiger partial charge in [-0.1, -0.05) is 13.8 Å². The number of amides is 1. The molecule has 94 valence electrons. The molecule has 1 rings (SSSR count). The van der Waals surface area contributed by atoms with Gasteiger partial charge in [0.05, 0.1) is 18.2 Å². The Morgan fingerprint density at radius 1 is 1.31 bits per heavy atom. The van der Waals surface area contributed by atoms with Gasteiger partial charge < -0.3 is 15.8 Å². The van der Waals surface area contributed by atoms with Crippen molar-refractivity contribution < 1.29 is 9.53 Å². The second kappa shape index (κ2) is 5.64. The monoisotopic (exact) mass is 228 g/mol. The summed E-state index contributed by atoms with van der Waals surface area (Å²) in [5.41, 5.74) is 5.39. The van der Waals surface area contributed by atoms with Gasteiger partial charge in [-0.15, -0.1) is 0 Å². The van der Waals surface area contributed by atoms with Gasteiger partial charge in [-0.3, -0.25) is 4.79 Å². The quantitative estimate of drug-likeness (QED) is 0.755. The highest BCUT2D eigenvalue weighted by Gasteiger charge is 2.29. The van der Waals surface area contributed by atoms with Crippen LogP contribution in [0.5, 0.6) is 0 Å². The second-order valence-corrected chi connectivity index (χ2v) is 5.22. The molecule has 1 amide bonds. The van der Waals surface area contributed by atoms with Crippen molar-refractivity contribution in [1.29, 1.82) is 0 Å². The van der Waals surface area contributed by atoms with Gasteiger partial charge in [-0.25, -0.2) is 0 Å². The zero-order chi connectivity index (χ0) is 12.3. The van der Waals surface area contributed by atoms with Gasteiger partial charge >= 0.3 is 0 Å². The zero-order valence-electron chi connectivity index (χ0n) is 10.7. The maximum Gasteiger partial charge on any atom is 0.234 e. The first-order valence-electron chi connectivity index (χ1n) is 6.11. The van der Waals surface area contributed by atoms with Crippen LogP contribution in [-0.2, 0) is 9.53 Å². The SMILES string of the molecule is CC1CC(NC(C(N)=O)C(C)C)CC(C)O1. The Morgan fingerprint density at radius 2 is 1.81 bits per heavy atom. The number of ether oxygens (including phenoxy) is 1. The van der Waals surface area contributed by atoms with E-state index in [0.717, 1.165) is 12.8 Å². The standard InChI is InChI=1S/C12H24N2O2/c1-7(2)11(12(13)15)14-10-5-8(3)16-9(4)6-10/h7-11,14H,5-6H2,1-4H3,(H2,13,15). The maximum atomic E-state index is 11.3. The lowest BCUT2D eigenvalue weighted by molar-refractivity contribution is -0.122. The first kappa shape index (κ1) is 13.5. The van der Waals surface area contributed by atoms with Gasteiger partial charge in [0.15, 0.2) is 0 Å². The number of primary amides is 1. The lowest BCUT2D eigenvalue weighted by atomic mass is 9.96. The Morgan fingerprint density at radius 3 is 2.19 bits per heavy atom. The third-order valence-corrected chi connectivity index (χ3v) is 3.09. The van der Waals surface area contributed by atoms with Crippen LogP contribution in [0.2, 0.25) is 0 Å². The maximum absolute atomic E-state index is 11.3. The summed E-state index contributed by atoms with van der Waals surface area (Å²) >= 11 is 0. The van der Waals surface area contributed by atoms with E-state index < -0.39 is 0 Å². The van der Waals surface area contributed by atoms with E-state index >= 15 is 0 Å². The first-order valence-corrected chi connectivity index (χ1v) is 6.11. The van der Waals surface area contributed by atoms with Crippen LogP contribution in [0.4, 0.5) is 0 Å². The lowest BCUT2D eigenvalue weighted by Crippen LogP contribution is -2.52.